The fourth-order valence-electron chi connectivity index (χ4n) is 2.33. The van der Waals surface area contributed by atoms with Gasteiger partial charge in [0.05, 0.1) is 0 Å². The topological polar surface area (TPSA) is 0 Å². The third kappa shape index (κ3) is 0.654. The second kappa shape index (κ2) is 1.42. The molecule has 0 nitrogen and oxygen atoms in total. The molecule has 2 bridgehead atoms. The molecular weight excluding hydrogens is 108 g/mol. The molecule has 0 N–H and O–H groups in total. The van der Waals surface area contributed by atoms with Crippen LogP contribution in [-0.2, 0) is 0 Å². The van der Waals surface area contributed by atoms with E-state index >= 15 is 0 Å². The van der Waals surface area contributed by atoms with Crippen LogP contribution in [0.15, 0.2) is 12.2 Å². The van der Waals surface area contributed by atoms with Gasteiger partial charge in [0.25, 0.3) is 0 Å². The number of hydrogen-bond donors (Lipinski definition) is 0. The van der Waals surface area contributed by atoms with E-state index in [2.05, 4.69) is 26.0 Å². The molecule has 0 unspecified atom stereocenters. The molecule has 0 aromatic carbocycles. The minimum Gasteiger partial charge on any atom is -0.0851 e. The molecule has 2 aliphatic rings. The molecule has 0 saturated heterocycles. The molecule has 0 heteroatoms. The van der Waals surface area contributed by atoms with Crippen molar-refractivity contribution < 1.29 is 0 Å². The summed E-state index contributed by atoms with van der Waals surface area (Å²) in [7, 11) is 0. The van der Waals surface area contributed by atoms with E-state index in [4.69, 9.17) is 0 Å². The smallest absolute Gasteiger partial charge is 0.0176 e. The Morgan fingerprint density at radius 1 is 1.33 bits per heavy atom. The molecule has 1 saturated carbocycles. The third-order valence-corrected chi connectivity index (χ3v) is 2.96. The van der Waals surface area contributed by atoms with E-state index in [1.165, 1.54) is 12.8 Å². The van der Waals surface area contributed by atoms with Gasteiger partial charge in [-0.15, -0.1) is 0 Å². The fourth-order valence-corrected chi connectivity index (χ4v) is 2.33. The normalized spacial score (nSPS) is 44.2. The van der Waals surface area contributed by atoms with E-state index in [1.807, 2.05) is 0 Å². The van der Waals surface area contributed by atoms with Gasteiger partial charge in [-0.25, -0.2) is 0 Å². The van der Waals surface area contributed by atoms with Gasteiger partial charge >= 0.3 is 0 Å². The molecular formula is C9H14. The van der Waals surface area contributed by atoms with E-state index in [9.17, 15) is 0 Å². The summed E-state index contributed by atoms with van der Waals surface area (Å²) in [5, 5.41) is 0. The Labute approximate surface area is 57.0 Å². The molecule has 2 atom stereocenters. The fraction of sp³-hybridized carbons (Fsp3) is 0.778. The Morgan fingerprint density at radius 2 is 2.11 bits per heavy atom. The Hall–Kier alpha value is -0.260. The summed E-state index contributed by atoms with van der Waals surface area (Å²) in [6.07, 6.45) is 7.67. The first-order chi connectivity index (χ1) is 4.18. The Balaban J connectivity index is 2.29. The van der Waals surface area contributed by atoms with E-state index in [1.54, 1.807) is 0 Å². The van der Waals surface area contributed by atoms with Gasteiger partial charge in [-0.3, -0.25) is 0 Å². The monoisotopic (exact) mass is 122 g/mol. The van der Waals surface area contributed by atoms with Crippen LogP contribution in [0.25, 0.3) is 0 Å². The largest absolute Gasteiger partial charge is 0.0851 e. The summed E-state index contributed by atoms with van der Waals surface area (Å²) in [5.74, 6) is 1.84. The van der Waals surface area contributed by atoms with Crippen LogP contribution in [0.3, 0.4) is 0 Å². The van der Waals surface area contributed by atoms with Gasteiger partial charge in [0.2, 0.25) is 0 Å². The molecule has 0 amide bonds. The van der Waals surface area contributed by atoms with Gasteiger partial charge in [-0.1, -0.05) is 26.0 Å². The predicted octanol–water partition coefficient (Wildman–Crippen LogP) is 2.61. The summed E-state index contributed by atoms with van der Waals surface area (Å²) in [6.45, 7) is 4.78. The minimum absolute atomic E-state index is 0.624. The molecule has 0 radical (unpaired) electrons. The molecule has 0 spiro atoms. The molecule has 9 heavy (non-hydrogen) atoms. The van der Waals surface area contributed by atoms with Crippen molar-refractivity contribution in [3.63, 3.8) is 0 Å². The predicted molar refractivity (Wildman–Crippen MR) is 39.1 cm³/mol. The maximum atomic E-state index is 2.41. The van der Waals surface area contributed by atoms with E-state index in [0.717, 1.165) is 11.8 Å². The van der Waals surface area contributed by atoms with Crippen LogP contribution in [-0.4, -0.2) is 0 Å². The first kappa shape index (κ1) is 5.52. The molecule has 2 aliphatic carbocycles. The molecule has 0 aromatic heterocycles. The summed E-state index contributed by atoms with van der Waals surface area (Å²) in [6, 6.07) is 0. The zero-order valence-electron chi connectivity index (χ0n) is 6.22. The lowest BCUT2D eigenvalue weighted by atomic mass is 9.80. The first-order valence-electron chi connectivity index (χ1n) is 3.87. The van der Waals surface area contributed by atoms with Crippen molar-refractivity contribution >= 4 is 0 Å². The van der Waals surface area contributed by atoms with Crippen molar-refractivity contribution in [2.45, 2.75) is 26.7 Å². The van der Waals surface area contributed by atoms with E-state index in [0.29, 0.717) is 5.41 Å². The minimum atomic E-state index is 0.624. The van der Waals surface area contributed by atoms with Crippen molar-refractivity contribution in [3.8, 4) is 0 Å². The van der Waals surface area contributed by atoms with Gasteiger partial charge in [0.1, 0.15) is 0 Å². The summed E-state index contributed by atoms with van der Waals surface area (Å²) in [4.78, 5) is 0. The molecule has 2 rings (SSSR count). The highest BCUT2D eigenvalue weighted by molar-refractivity contribution is 5.13. The quantitative estimate of drug-likeness (QED) is 0.433. The Morgan fingerprint density at radius 3 is 2.33 bits per heavy atom. The van der Waals surface area contributed by atoms with Crippen molar-refractivity contribution in [3.05, 3.63) is 12.2 Å². The number of hydrogen-bond acceptors (Lipinski definition) is 0. The van der Waals surface area contributed by atoms with Gasteiger partial charge in [-0.05, 0) is 30.1 Å². The lowest BCUT2D eigenvalue weighted by Gasteiger charge is -2.25. The van der Waals surface area contributed by atoms with Crippen LogP contribution < -0.4 is 0 Å². The van der Waals surface area contributed by atoms with Crippen LogP contribution in [0.2, 0.25) is 0 Å². The summed E-state index contributed by atoms with van der Waals surface area (Å²) in [5.41, 5.74) is 0.624. The maximum absolute atomic E-state index is 2.41. The highest BCUT2D eigenvalue weighted by atomic mass is 14.5. The zero-order valence-corrected chi connectivity index (χ0v) is 6.22. The summed E-state index contributed by atoms with van der Waals surface area (Å²) >= 11 is 0. The molecule has 0 heterocycles. The molecule has 1 fully saturated rings. The van der Waals surface area contributed by atoms with E-state index < -0.39 is 0 Å². The summed E-state index contributed by atoms with van der Waals surface area (Å²) < 4.78 is 0. The number of rotatable bonds is 0. The maximum Gasteiger partial charge on any atom is -0.0176 e. The molecule has 0 aliphatic heterocycles. The van der Waals surface area contributed by atoms with Gasteiger partial charge in [0.15, 0.2) is 0 Å². The van der Waals surface area contributed by atoms with Crippen LogP contribution >= 0.6 is 0 Å². The second-order valence-electron chi connectivity index (χ2n) is 4.18. The van der Waals surface area contributed by atoms with Crippen LogP contribution in [0.5, 0.6) is 0 Å². The van der Waals surface area contributed by atoms with Gasteiger partial charge in [0, 0.05) is 0 Å². The standard InChI is InChI=1S/C9H14/c1-9(2)6-7-3-4-8(9)5-7/h3-4,7-8H,5-6H2,1-2H3/t7-,8+/m0/s1. The third-order valence-electron chi connectivity index (χ3n) is 2.96. The Bertz CT molecular complexity index is 153. The highest BCUT2D eigenvalue weighted by Crippen LogP contribution is 2.51. The van der Waals surface area contributed by atoms with Crippen LogP contribution in [0.4, 0.5) is 0 Å². The SMILES string of the molecule is CC1(C)C[C@H]2C=C[C@@H]1C2. The lowest BCUT2D eigenvalue weighted by molar-refractivity contribution is 0.299. The van der Waals surface area contributed by atoms with E-state index in [-0.39, 0.29) is 0 Å². The zero-order chi connectivity index (χ0) is 6.48. The molecule has 0 aromatic rings. The van der Waals surface area contributed by atoms with Crippen molar-refractivity contribution in [2.24, 2.45) is 17.3 Å². The van der Waals surface area contributed by atoms with Crippen LogP contribution in [0, 0.1) is 17.3 Å². The van der Waals surface area contributed by atoms with Crippen molar-refractivity contribution in [1.29, 1.82) is 0 Å². The average molecular weight is 122 g/mol. The number of fused-ring (bicyclic) bond motifs is 2. The molecule has 50 valence electrons. The van der Waals surface area contributed by atoms with Crippen molar-refractivity contribution in [2.75, 3.05) is 0 Å². The number of allylic oxidation sites excluding steroid dienone is 2. The Kier molecular flexibility index (Phi) is 0.870. The van der Waals surface area contributed by atoms with Crippen molar-refractivity contribution in [1.82, 2.24) is 0 Å². The van der Waals surface area contributed by atoms with Crippen LogP contribution in [0.1, 0.15) is 26.7 Å². The first-order valence-corrected chi connectivity index (χ1v) is 3.87. The average Bonchev–Trinajstić information content (AvgIpc) is 2.19. The van der Waals surface area contributed by atoms with Gasteiger partial charge < -0.3 is 0 Å². The second-order valence-corrected chi connectivity index (χ2v) is 4.18. The lowest BCUT2D eigenvalue weighted by Crippen LogP contribution is -2.16. The highest BCUT2D eigenvalue weighted by Gasteiger charge is 2.41. The van der Waals surface area contributed by atoms with Gasteiger partial charge in [-0.2, -0.15) is 0 Å².